The summed E-state index contributed by atoms with van der Waals surface area (Å²) in [7, 11) is -4.02. The molecule has 2 aromatic carbocycles. The van der Waals surface area contributed by atoms with E-state index in [0.29, 0.717) is 0 Å². The predicted octanol–water partition coefficient (Wildman–Crippen LogP) is 3.90. The second kappa shape index (κ2) is 8.47. The molecular formula is C19H18F3NO4S. The Morgan fingerprint density at radius 1 is 1.14 bits per heavy atom. The summed E-state index contributed by atoms with van der Waals surface area (Å²) in [6.07, 6.45) is -3.78. The van der Waals surface area contributed by atoms with Gasteiger partial charge in [-0.15, -0.1) is 0 Å². The third kappa shape index (κ3) is 5.35. The summed E-state index contributed by atoms with van der Waals surface area (Å²) in [6.45, 7) is 3.29. The third-order valence-corrected chi connectivity index (χ3v) is 5.01. The van der Waals surface area contributed by atoms with Crippen LogP contribution >= 0.6 is 0 Å². The first-order valence-electron chi connectivity index (χ1n) is 8.18. The number of aryl methyl sites for hydroxylation is 1. The average Bonchev–Trinajstić information content (AvgIpc) is 2.62. The number of esters is 1. The van der Waals surface area contributed by atoms with Gasteiger partial charge in [-0.2, -0.15) is 13.2 Å². The topological polar surface area (TPSA) is 72.5 Å². The zero-order chi connectivity index (χ0) is 20.9. The van der Waals surface area contributed by atoms with Gasteiger partial charge in [0.25, 0.3) is 10.0 Å². The first kappa shape index (κ1) is 21.5. The second-order valence-electron chi connectivity index (χ2n) is 5.79. The highest BCUT2D eigenvalue weighted by Gasteiger charge is 2.31. The number of alkyl halides is 3. The normalized spacial score (nSPS) is 12.5. The van der Waals surface area contributed by atoms with Gasteiger partial charge in [0.2, 0.25) is 0 Å². The highest BCUT2D eigenvalue weighted by Crippen LogP contribution is 2.31. The number of benzene rings is 2. The first-order chi connectivity index (χ1) is 13.0. The smallest absolute Gasteiger partial charge is 0.416 e. The van der Waals surface area contributed by atoms with Gasteiger partial charge >= 0.3 is 12.1 Å². The van der Waals surface area contributed by atoms with Crippen LogP contribution in [0.1, 0.15) is 23.6 Å². The summed E-state index contributed by atoms with van der Waals surface area (Å²) in [4.78, 5) is 12.1. The second-order valence-corrected chi connectivity index (χ2v) is 7.51. The third-order valence-electron chi connectivity index (χ3n) is 3.69. The number of ether oxygens (including phenoxy) is 1. The molecular weight excluding hydrogens is 395 g/mol. The largest absolute Gasteiger partial charge is 0.462 e. The van der Waals surface area contributed by atoms with E-state index in [0.717, 1.165) is 30.0 Å². The summed E-state index contributed by atoms with van der Waals surface area (Å²) in [6, 6.07) is 9.93. The summed E-state index contributed by atoms with van der Waals surface area (Å²) in [5, 5.41) is 0. The fourth-order valence-electron chi connectivity index (χ4n) is 2.25. The first-order valence-corrected chi connectivity index (χ1v) is 9.67. The molecule has 0 fully saturated rings. The Balaban J connectivity index is 2.44. The van der Waals surface area contributed by atoms with Gasteiger partial charge in [0, 0.05) is 6.20 Å². The van der Waals surface area contributed by atoms with Crippen LogP contribution in [-0.2, 0) is 25.7 Å². The van der Waals surface area contributed by atoms with Crippen LogP contribution in [0.4, 0.5) is 13.2 Å². The summed E-state index contributed by atoms with van der Waals surface area (Å²) in [5.74, 6) is -0.951. The van der Waals surface area contributed by atoms with Crippen LogP contribution in [0.3, 0.4) is 0 Å². The Kier molecular flexibility index (Phi) is 6.50. The molecule has 0 radical (unpaired) electrons. The van der Waals surface area contributed by atoms with Gasteiger partial charge in [0.15, 0.2) is 0 Å². The Morgan fingerprint density at radius 3 is 2.36 bits per heavy atom. The highest BCUT2D eigenvalue weighted by atomic mass is 32.2. The molecule has 0 aliphatic carbocycles. The van der Waals surface area contributed by atoms with Crippen molar-refractivity contribution >= 4 is 21.6 Å². The molecule has 2 aromatic rings. The lowest BCUT2D eigenvalue weighted by Gasteiger charge is -2.12. The molecule has 0 aliphatic heterocycles. The molecule has 0 atom stereocenters. The Bertz CT molecular complexity index is 981. The molecule has 150 valence electrons. The number of nitrogens with one attached hydrogen (secondary N) is 1. The van der Waals surface area contributed by atoms with Crippen LogP contribution in [0.15, 0.2) is 59.6 Å². The summed E-state index contributed by atoms with van der Waals surface area (Å²) >= 11 is 0. The van der Waals surface area contributed by atoms with Crippen molar-refractivity contribution in [2.45, 2.75) is 24.9 Å². The predicted molar refractivity (Wildman–Crippen MR) is 97.6 cm³/mol. The van der Waals surface area contributed by atoms with Crippen molar-refractivity contribution in [3.63, 3.8) is 0 Å². The van der Waals surface area contributed by atoms with Gasteiger partial charge in [-0.3, -0.25) is 4.72 Å². The quantitative estimate of drug-likeness (QED) is 0.576. The number of hydrogen-bond donors (Lipinski definition) is 1. The zero-order valence-corrected chi connectivity index (χ0v) is 15.9. The molecule has 0 saturated heterocycles. The summed E-state index contributed by atoms with van der Waals surface area (Å²) < 4.78 is 70.6. The maximum Gasteiger partial charge on any atom is 0.416 e. The van der Waals surface area contributed by atoms with E-state index >= 15 is 0 Å². The van der Waals surface area contributed by atoms with E-state index < -0.39 is 27.7 Å². The maximum atomic E-state index is 13.0. The summed E-state index contributed by atoms with van der Waals surface area (Å²) in [5.41, 5.74) is -0.587. The molecule has 0 bridgehead atoms. The lowest BCUT2D eigenvalue weighted by Crippen LogP contribution is -2.20. The van der Waals surface area contributed by atoms with Crippen LogP contribution < -0.4 is 4.72 Å². The zero-order valence-electron chi connectivity index (χ0n) is 15.1. The molecule has 5 nitrogen and oxygen atoms in total. The minimum atomic E-state index is -4.61. The molecule has 28 heavy (non-hydrogen) atoms. The number of carbonyl (C=O) groups excluding carboxylic acids is 1. The maximum absolute atomic E-state index is 13.0. The van der Waals surface area contributed by atoms with Crippen molar-refractivity contribution in [3.8, 4) is 0 Å². The number of carbonyl (C=O) groups is 1. The molecule has 0 unspecified atom stereocenters. The lowest BCUT2D eigenvalue weighted by molar-refractivity contribution is -0.138. The molecule has 1 N–H and O–H groups in total. The molecule has 9 heteroatoms. The van der Waals surface area contributed by atoms with Crippen LogP contribution in [0.25, 0.3) is 5.57 Å². The van der Waals surface area contributed by atoms with E-state index in [9.17, 15) is 26.4 Å². The van der Waals surface area contributed by atoms with E-state index in [1.165, 1.54) is 25.1 Å². The lowest BCUT2D eigenvalue weighted by atomic mass is 10.0. The van der Waals surface area contributed by atoms with Crippen LogP contribution in [0.5, 0.6) is 0 Å². The SMILES string of the molecule is CCOC(=O)/C(=C\NS(=O)(=O)c1ccc(C)cc1)c1cccc(C(F)(F)F)c1. The fraction of sp³-hybridized carbons (Fsp3) is 0.211. The van der Waals surface area contributed by atoms with E-state index in [1.807, 2.05) is 0 Å². The molecule has 0 heterocycles. The van der Waals surface area contributed by atoms with E-state index in [1.54, 1.807) is 19.1 Å². The molecule has 0 saturated carbocycles. The van der Waals surface area contributed by atoms with Gasteiger partial charge < -0.3 is 4.74 Å². The molecule has 2 rings (SSSR count). The molecule has 0 aliphatic rings. The van der Waals surface area contributed by atoms with Crippen molar-refractivity contribution in [2.24, 2.45) is 0 Å². The van der Waals surface area contributed by atoms with Gasteiger partial charge in [-0.05, 0) is 43.7 Å². The van der Waals surface area contributed by atoms with E-state index in [-0.39, 0.29) is 22.6 Å². The van der Waals surface area contributed by atoms with Crippen molar-refractivity contribution in [1.82, 2.24) is 4.72 Å². The van der Waals surface area contributed by atoms with Crippen LogP contribution in [0.2, 0.25) is 0 Å². The molecule has 0 aromatic heterocycles. The van der Waals surface area contributed by atoms with Gasteiger partial charge in [-0.25, -0.2) is 13.2 Å². The van der Waals surface area contributed by atoms with Crippen molar-refractivity contribution in [1.29, 1.82) is 0 Å². The number of halogens is 3. The number of hydrogen-bond acceptors (Lipinski definition) is 4. The minimum absolute atomic E-state index is 0.0279. The Morgan fingerprint density at radius 2 is 1.79 bits per heavy atom. The average molecular weight is 413 g/mol. The molecule has 0 spiro atoms. The van der Waals surface area contributed by atoms with Crippen molar-refractivity contribution in [3.05, 3.63) is 71.4 Å². The van der Waals surface area contributed by atoms with E-state index in [4.69, 9.17) is 4.74 Å². The van der Waals surface area contributed by atoms with Gasteiger partial charge in [-0.1, -0.05) is 29.8 Å². The van der Waals surface area contributed by atoms with E-state index in [2.05, 4.69) is 4.72 Å². The minimum Gasteiger partial charge on any atom is -0.462 e. The number of rotatable bonds is 6. The molecule has 0 amide bonds. The van der Waals surface area contributed by atoms with Gasteiger partial charge in [0.05, 0.1) is 22.6 Å². The highest BCUT2D eigenvalue weighted by molar-refractivity contribution is 7.89. The number of sulfonamides is 1. The van der Waals surface area contributed by atoms with Crippen molar-refractivity contribution < 1.29 is 31.1 Å². The Labute approximate surface area is 160 Å². The van der Waals surface area contributed by atoms with Crippen LogP contribution in [-0.4, -0.2) is 21.0 Å². The monoisotopic (exact) mass is 413 g/mol. The standard InChI is InChI=1S/C19H18F3NO4S/c1-3-27-18(24)17(14-5-4-6-15(11-14)19(20,21)22)12-23-28(25,26)16-9-7-13(2)8-10-16/h4-12,23H,3H2,1-2H3/b17-12-. The Hall–Kier alpha value is -2.81. The van der Waals surface area contributed by atoms with Crippen LogP contribution in [0, 0.1) is 6.92 Å². The fourth-order valence-corrected chi connectivity index (χ4v) is 3.16. The van der Waals surface area contributed by atoms with Crippen molar-refractivity contribution in [2.75, 3.05) is 6.61 Å². The van der Waals surface area contributed by atoms with Gasteiger partial charge in [0.1, 0.15) is 0 Å².